The summed E-state index contributed by atoms with van der Waals surface area (Å²) < 4.78 is 6.09. The van der Waals surface area contributed by atoms with Gasteiger partial charge in [0, 0.05) is 48.0 Å². The van der Waals surface area contributed by atoms with E-state index in [4.69, 9.17) is 0 Å². The standard InChI is InChI=1S/C35H49N4S/c1-38(2,3)25-11-13-28-18-19-30(35-37(27-28)33-16-9-10-17-34(33)40-35)21-20-29-22-24-36(23-12-26-39(4,5)6)32-15-8-7-14-31(29)32/h7-10,14-17,20-22,24,28H,11-13,18-19,23,25-27H2,1-6H3/q+3. The summed E-state index contributed by atoms with van der Waals surface area (Å²) in [6, 6.07) is 17.9. The zero-order valence-corrected chi connectivity index (χ0v) is 26.4. The predicted octanol–water partition coefficient (Wildman–Crippen LogP) is 6.98. The lowest BCUT2D eigenvalue weighted by molar-refractivity contribution is -0.870. The van der Waals surface area contributed by atoms with Crippen LogP contribution in [0.1, 0.15) is 42.7 Å². The van der Waals surface area contributed by atoms with Gasteiger partial charge in [0.25, 0.3) is 5.01 Å². The predicted molar refractivity (Wildman–Crippen MR) is 173 cm³/mol. The van der Waals surface area contributed by atoms with Crippen LogP contribution in [-0.4, -0.2) is 70.9 Å². The number of para-hydroxylation sites is 2. The first kappa shape index (κ1) is 28.8. The average molecular weight is 558 g/mol. The van der Waals surface area contributed by atoms with Gasteiger partial charge in [-0.1, -0.05) is 53.8 Å². The summed E-state index contributed by atoms with van der Waals surface area (Å²) in [6.07, 6.45) is 15.6. The molecule has 0 N–H and O–H groups in total. The summed E-state index contributed by atoms with van der Waals surface area (Å²) >= 11 is 1.97. The van der Waals surface area contributed by atoms with Crippen molar-refractivity contribution in [1.82, 2.24) is 0 Å². The van der Waals surface area contributed by atoms with E-state index in [1.807, 2.05) is 11.3 Å². The molecule has 0 spiro atoms. The van der Waals surface area contributed by atoms with Gasteiger partial charge in [-0.25, -0.2) is 0 Å². The normalized spacial score (nSPS) is 19.8. The van der Waals surface area contributed by atoms with Crippen molar-refractivity contribution in [1.29, 1.82) is 0 Å². The fraction of sp³-hybridized carbons (Fsp3) is 0.457. The van der Waals surface area contributed by atoms with E-state index in [9.17, 15) is 0 Å². The number of allylic oxidation sites excluding steroid dienone is 5. The summed E-state index contributed by atoms with van der Waals surface area (Å²) in [7, 11) is 13.7. The Kier molecular flexibility index (Phi) is 8.65. The molecule has 1 aromatic heterocycles. The lowest BCUT2D eigenvalue weighted by atomic mass is 9.95. The Bertz CT molecular complexity index is 1410. The molecule has 0 bridgehead atoms. The fourth-order valence-electron chi connectivity index (χ4n) is 6.07. The molecule has 5 rings (SSSR count). The zero-order valence-electron chi connectivity index (χ0n) is 25.6. The molecule has 0 radical (unpaired) electrons. The summed E-state index contributed by atoms with van der Waals surface area (Å²) in [5.74, 6) is 0.724. The smallest absolute Gasteiger partial charge is 0.265 e. The molecule has 0 amide bonds. The van der Waals surface area contributed by atoms with Gasteiger partial charge in [0.15, 0.2) is 6.54 Å². The molecule has 4 nitrogen and oxygen atoms in total. The maximum atomic E-state index is 2.63. The number of aromatic nitrogens is 1. The number of hydrogen-bond acceptors (Lipinski definition) is 2. The number of quaternary nitrogens is 2. The van der Waals surface area contributed by atoms with Gasteiger partial charge in [-0.2, -0.15) is 4.57 Å². The van der Waals surface area contributed by atoms with Crippen molar-refractivity contribution in [3.63, 3.8) is 0 Å². The summed E-state index contributed by atoms with van der Waals surface area (Å²) in [5, 5.41) is 1.45. The molecule has 40 heavy (non-hydrogen) atoms. The van der Waals surface area contributed by atoms with E-state index in [1.165, 1.54) is 76.4 Å². The molecule has 0 aliphatic carbocycles. The second-order valence-electron chi connectivity index (χ2n) is 13.8. The van der Waals surface area contributed by atoms with Crippen LogP contribution in [-0.2, 0) is 6.54 Å². The van der Waals surface area contributed by atoms with E-state index >= 15 is 0 Å². The molecular formula is C35H49N4S+3. The molecule has 0 saturated heterocycles. The molecule has 1 unspecified atom stereocenters. The number of rotatable bonds is 9. The van der Waals surface area contributed by atoms with Crippen LogP contribution in [0, 0.1) is 5.92 Å². The molecule has 2 aromatic carbocycles. The van der Waals surface area contributed by atoms with Crippen molar-refractivity contribution in [2.24, 2.45) is 5.92 Å². The van der Waals surface area contributed by atoms with Gasteiger partial charge in [0.2, 0.25) is 5.52 Å². The maximum absolute atomic E-state index is 2.63. The minimum absolute atomic E-state index is 0.724. The number of hydrogen-bond donors (Lipinski definition) is 0. The largest absolute Gasteiger partial charge is 0.347 e. The number of nitrogens with zero attached hydrogens (tertiary/aromatic N) is 4. The van der Waals surface area contributed by atoms with E-state index in [2.05, 4.69) is 125 Å². The number of benzene rings is 2. The highest BCUT2D eigenvalue weighted by atomic mass is 32.1. The number of anilines is 1. The third-order valence-electron chi connectivity index (χ3n) is 8.24. The SMILES string of the molecule is C[N+](C)(C)CCCC1CC/C(=C/C=C2/C=CN(CCC[N+](C)(C)C)c3ccccc32)c2sc3ccccc3[n+]2C1. The Balaban J connectivity index is 1.42. The van der Waals surface area contributed by atoms with E-state index in [0.717, 1.165) is 34.4 Å². The topological polar surface area (TPSA) is 7.12 Å². The summed E-state index contributed by atoms with van der Waals surface area (Å²) in [4.78, 5) is 2.43. The molecular weight excluding hydrogens is 508 g/mol. The maximum Gasteiger partial charge on any atom is 0.265 e. The molecule has 2 aliphatic rings. The van der Waals surface area contributed by atoms with Gasteiger partial charge in [-0.05, 0) is 49.5 Å². The van der Waals surface area contributed by atoms with E-state index < -0.39 is 0 Å². The zero-order chi connectivity index (χ0) is 28.3. The second-order valence-corrected chi connectivity index (χ2v) is 14.8. The fourth-order valence-corrected chi connectivity index (χ4v) is 7.29. The van der Waals surface area contributed by atoms with Gasteiger partial charge in [-0.15, -0.1) is 0 Å². The van der Waals surface area contributed by atoms with Crippen LogP contribution < -0.4 is 9.47 Å². The molecule has 1 atom stereocenters. The van der Waals surface area contributed by atoms with Crippen molar-refractivity contribution in [3.8, 4) is 0 Å². The first-order valence-corrected chi connectivity index (χ1v) is 15.9. The molecule has 2 aliphatic heterocycles. The van der Waals surface area contributed by atoms with Gasteiger partial charge in [0.1, 0.15) is 4.70 Å². The van der Waals surface area contributed by atoms with Crippen LogP contribution in [0.4, 0.5) is 5.69 Å². The summed E-state index contributed by atoms with van der Waals surface area (Å²) in [5.41, 5.74) is 6.85. The highest BCUT2D eigenvalue weighted by Gasteiger charge is 2.30. The van der Waals surface area contributed by atoms with Crippen LogP contribution in [0.25, 0.3) is 21.4 Å². The van der Waals surface area contributed by atoms with Crippen molar-refractivity contribution in [2.75, 3.05) is 66.8 Å². The van der Waals surface area contributed by atoms with Crippen molar-refractivity contribution in [3.05, 3.63) is 83.5 Å². The Morgan fingerprint density at radius 1 is 0.900 bits per heavy atom. The molecule has 3 aromatic rings. The first-order chi connectivity index (χ1) is 19.1. The van der Waals surface area contributed by atoms with Gasteiger partial charge < -0.3 is 13.9 Å². The van der Waals surface area contributed by atoms with Crippen molar-refractivity contribution >= 4 is 38.4 Å². The van der Waals surface area contributed by atoms with Crippen LogP contribution in [0.5, 0.6) is 0 Å². The van der Waals surface area contributed by atoms with E-state index in [1.54, 1.807) is 0 Å². The quantitative estimate of drug-likeness (QED) is 0.203. The average Bonchev–Trinajstić information content (AvgIpc) is 3.16. The minimum atomic E-state index is 0.724. The Hall–Kier alpha value is -2.73. The monoisotopic (exact) mass is 557 g/mol. The van der Waals surface area contributed by atoms with Crippen molar-refractivity contribution < 1.29 is 13.5 Å². The lowest BCUT2D eigenvalue weighted by Gasteiger charge is -2.29. The third-order valence-corrected chi connectivity index (χ3v) is 9.48. The third kappa shape index (κ3) is 7.12. The van der Waals surface area contributed by atoms with Crippen LogP contribution in [0.15, 0.2) is 73.0 Å². The molecule has 0 fully saturated rings. The molecule has 212 valence electrons. The van der Waals surface area contributed by atoms with Crippen molar-refractivity contribution in [2.45, 2.75) is 38.6 Å². The minimum Gasteiger partial charge on any atom is -0.347 e. The van der Waals surface area contributed by atoms with Crippen LogP contribution in [0.3, 0.4) is 0 Å². The lowest BCUT2D eigenvalue weighted by Crippen LogP contribution is -2.39. The first-order valence-electron chi connectivity index (χ1n) is 15.1. The van der Waals surface area contributed by atoms with Gasteiger partial charge in [-0.3, -0.25) is 0 Å². The Morgan fingerprint density at radius 2 is 1.62 bits per heavy atom. The number of fused-ring (bicyclic) bond motifs is 4. The Labute approximate surface area is 246 Å². The van der Waals surface area contributed by atoms with E-state index in [0.29, 0.717) is 0 Å². The molecule has 5 heteroatoms. The highest BCUT2D eigenvalue weighted by Crippen LogP contribution is 2.36. The summed E-state index contributed by atoms with van der Waals surface area (Å²) in [6.45, 7) is 4.60. The van der Waals surface area contributed by atoms with Gasteiger partial charge in [0.05, 0.1) is 55.4 Å². The Morgan fingerprint density at radius 3 is 2.42 bits per heavy atom. The number of thiazole rings is 1. The highest BCUT2D eigenvalue weighted by molar-refractivity contribution is 7.19. The van der Waals surface area contributed by atoms with Crippen LogP contribution >= 0.6 is 11.3 Å². The molecule has 3 heterocycles. The second kappa shape index (κ2) is 12.0. The van der Waals surface area contributed by atoms with E-state index in [-0.39, 0.29) is 0 Å². The van der Waals surface area contributed by atoms with Crippen LogP contribution in [0.2, 0.25) is 0 Å². The molecule has 0 saturated carbocycles. The van der Waals surface area contributed by atoms with Gasteiger partial charge >= 0.3 is 0 Å².